The van der Waals surface area contributed by atoms with Gasteiger partial charge in [-0.15, -0.1) is 0 Å². The van der Waals surface area contributed by atoms with Gasteiger partial charge in [-0.05, 0) is 49.1 Å². The summed E-state index contributed by atoms with van der Waals surface area (Å²) in [5.41, 5.74) is 0. The van der Waals surface area contributed by atoms with Crippen LogP contribution in [0.25, 0.3) is 0 Å². The van der Waals surface area contributed by atoms with Crippen LogP contribution in [0.3, 0.4) is 0 Å². The molecule has 100 valence electrons. The van der Waals surface area contributed by atoms with E-state index in [9.17, 15) is 8.78 Å². The van der Waals surface area contributed by atoms with Gasteiger partial charge in [0.1, 0.15) is 5.75 Å². The van der Waals surface area contributed by atoms with Crippen molar-refractivity contribution in [1.82, 2.24) is 0 Å². The molecule has 0 spiro atoms. The van der Waals surface area contributed by atoms with E-state index in [-0.39, 0.29) is 0 Å². The van der Waals surface area contributed by atoms with Crippen LogP contribution in [0.1, 0.15) is 33.1 Å². The molecular formula is C15H20F2O. The maximum atomic E-state index is 13.0. The number of halogens is 2. The van der Waals surface area contributed by atoms with Crippen LogP contribution in [0.2, 0.25) is 0 Å². The summed E-state index contributed by atoms with van der Waals surface area (Å²) in [6, 6.07) is 3.67. The molecule has 1 aromatic rings. The summed E-state index contributed by atoms with van der Waals surface area (Å²) >= 11 is 0. The van der Waals surface area contributed by atoms with Crippen molar-refractivity contribution in [2.24, 2.45) is 17.8 Å². The second-order valence-electron chi connectivity index (χ2n) is 5.67. The Hall–Kier alpha value is -1.12. The van der Waals surface area contributed by atoms with Gasteiger partial charge in [0, 0.05) is 6.07 Å². The molecule has 1 saturated carbocycles. The van der Waals surface area contributed by atoms with Crippen molar-refractivity contribution >= 4 is 0 Å². The standard InChI is InChI=1S/C15H20F2O/c1-10-5-12(6-10)7-11(2)9-18-13-3-4-14(16)15(17)8-13/h3-4,8,10-12H,5-7,9H2,1-2H3. The molecule has 0 N–H and O–H groups in total. The topological polar surface area (TPSA) is 9.23 Å². The Morgan fingerprint density at radius 1 is 1.28 bits per heavy atom. The van der Waals surface area contributed by atoms with Gasteiger partial charge in [-0.1, -0.05) is 13.8 Å². The zero-order valence-electron chi connectivity index (χ0n) is 11.0. The van der Waals surface area contributed by atoms with Gasteiger partial charge in [0.05, 0.1) is 6.61 Å². The maximum absolute atomic E-state index is 13.0. The number of ether oxygens (including phenoxy) is 1. The van der Waals surface area contributed by atoms with Gasteiger partial charge >= 0.3 is 0 Å². The summed E-state index contributed by atoms with van der Waals surface area (Å²) in [5.74, 6) is 0.864. The molecule has 1 aliphatic rings. The van der Waals surface area contributed by atoms with Crippen LogP contribution >= 0.6 is 0 Å². The van der Waals surface area contributed by atoms with Gasteiger partial charge < -0.3 is 4.74 Å². The Balaban J connectivity index is 1.74. The molecule has 2 rings (SSSR count). The third kappa shape index (κ3) is 3.44. The summed E-state index contributed by atoms with van der Waals surface area (Å²) in [6.07, 6.45) is 3.79. The monoisotopic (exact) mass is 254 g/mol. The molecule has 1 nitrogen and oxygen atoms in total. The lowest BCUT2D eigenvalue weighted by atomic mass is 9.72. The van der Waals surface area contributed by atoms with E-state index in [0.717, 1.165) is 30.4 Å². The normalized spacial score (nSPS) is 24.4. The van der Waals surface area contributed by atoms with Gasteiger partial charge in [0.2, 0.25) is 0 Å². The van der Waals surface area contributed by atoms with E-state index in [4.69, 9.17) is 4.74 Å². The fourth-order valence-corrected chi connectivity index (χ4v) is 2.70. The predicted molar refractivity (Wildman–Crippen MR) is 67.5 cm³/mol. The minimum absolute atomic E-state index is 0.405. The fourth-order valence-electron chi connectivity index (χ4n) is 2.70. The molecule has 1 unspecified atom stereocenters. The van der Waals surface area contributed by atoms with Crippen LogP contribution in [0.4, 0.5) is 8.78 Å². The van der Waals surface area contributed by atoms with Crippen molar-refractivity contribution in [3.63, 3.8) is 0 Å². The zero-order chi connectivity index (χ0) is 13.1. The van der Waals surface area contributed by atoms with E-state index in [2.05, 4.69) is 13.8 Å². The Kier molecular flexibility index (Phi) is 4.20. The van der Waals surface area contributed by atoms with Crippen molar-refractivity contribution in [2.75, 3.05) is 6.61 Å². The lowest BCUT2D eigenvalue weighted by Gasteiger charge is -2.34. The van der Waals surface area contributed by atoms with E-state index in [1.165, 1.54) is 18.9 Å². The van der Waals surface area contributed by atoms with Gasteiger partial charge in [0.25, 0.3) is 0 Å². The molecule has 1 atom stereocenters. The molecule has 0 radical (unpaired) electrons. The molecular weight excluding hydrogens is 234 g/mol. The quantitative estimate of drug-likeness (QED) is 0.756. The van der Waals surface area contributed by atoms with Gasteiger partial charge in [-0.3, -0.25) is 0 Å². The van der Waals surface area contributed by atoms with Crippen molar-refractivity contribution < 1.29 is 13.5 Å². The van der Waals surface area contributed by atoms with Crippen molar-refractivity contribution in [3.05, 3.63) is 29.8 Å². The Morgan fingerprint density at radius 2 is 2.00 bits per heavy atom. The Morgan fingerprint density at radius 3 is 2.61 bits per heavy atom. The number of hydrogen-bond acceptors (Lipinski definition) is 1. The van der Waals surface area contributed by atoms with Crippen LogP contribution in [0.15, 0.2) is 18.2 Å². The van der Waals surface area contributed by atoms with Crippen LogP contribution in [0, 0.1) is 29.4 Å². The third-order valence-electron chi connectivity index (χ3n) is 3.63. The average molecular weight is 254 g/mol. The molecule has 0 bridgehead atoms. The highest BCUT2D eigenvalue weighted by Gasteiger charge is 2.26. The van der Waals surface area contributed by atoms with Crippen LogP contribution in [-0.4, -0.2) is 6.61 Å². The number of rotatable bonds is 5. The molecule has 0 heterocycles. The van der Waals surface area contributed by atoms with Crippen LogP contribution < -0.4 is 4.74 Å². The van der Waals surface area contributed by atoms with E-state index >= 15 is 0 Å². The summed E-state index contributed by atoms with van der Waals surface area (Å²) in [6.45, 7) is 4.98. The maximum Gasteiger partial charge on any atom is 0.162 e. The van der Waals surface area contributed by atoms with Gasteiger partial charge in [-0.25, -0.2) is 8.78 Å². The second kappa shape index (κ2) is 5.68. The van der Waals surface area contributed by atoms with Crippen LogP contribution in [0.5, 0.6) is 5.75 Å². The van der Waals surface area contributed by atoms with Crippen molar-refractivity contribution in [2.45, 2.75) is 33.1 Å². The highest BCUT2D eigenvalue weighted by atomic mass is 19.2. The molecule has 18 heavy (non-hydrogen) atoms. The smallest absolute Gasteiger partial charge is 0.162 e. The van der Waals surface area contributed by atoms with E-state index < -0.39 is 11.6 Å². The highest BCUT2D eigenvalue weighted by Crippen LogP contribution is 2.37. The van der Waals surface area contributed by atoms with E-state index in [1.807, 2.05) is 0 Å². The lowest BCUT2D eigenvalue weighted by Crippen LogP contribution is -2.24. The molecule has 1 fully saturated rings. The van der Waals surface area contributed by atoms with E-state index in [1.54, 1.807) is 0 Å². The third-order valence-corrected chi connectivity index (χ3v) is 3.63. The largest absolute Gasteiger partial charge is 0.493 e. The Bertz CT molecular complexity index is 399. The first-order valence-corrected chi connectivity index (χ1v) is 6.62. The SMILES string of the molecule is CC(COc1ccc(F)c(F)c1)CC1CC(C)C1. The molecule has 0 saturated heterocycles. The summed E-state index contributed by atoms with van der Waals surface area (Å²) in [7, 11) is 0. The van der Waals surface area contributed by atoms with Crippen LogP contribution in [-0.2, 0) is 0 Å². The Labute approximate surface area is 107 Å². The van der Waals surface area contributed by atoms with Gasteiger partial charge in [0.15, 0.2) is 11.6 Å². The first kappa shape index (κ1) is 13.3. The van der Waals surface area contributed by atoms with Crippen molar-refractivity contribution in [1.29, 1.82) is 0 Å². The predicted octanol–water partition coefficient (Wildman–Crippen LogP) is 4.42. The summed E-state index contributed by atoms with van der Waals surface area (Å²) in [4.78, 5) is 0. The minimum atomic E-state index is -0.854. The van der Waals surface area contributed by atoms with Crippen molar-refractivity contribution in [3.8, 4) is 5.75 Å². The molecule has 0 aliphatic heterocycles. The number of hydrogen-bond donors (Lipinski definition) is 0. The molecule has 0 aromatic heterocycles. The summed E-state index contributed by atoms with van der Waals surface area (Å²) in [5, 5.41) is 0. The number of benzene rings is 1. The average Bonchev–Trinajstić information content (AvgIpc) is 2.29. The summed E-state index contributed by atoms with van der Waals surface area (Å²) < 4.78 is 31.2. The molecule has 1 aliphatic carbocycles. The first-order chi connectivity index (χ1) is 8.54. The molecule has 3 heteroatoms. The molecule has 0 amide bonds. The lowest BCUT2D eigenvalue weighted by molar-refractivity contribution is 0.151. The van der Waals surface area contributed by atoms with Gasteiger partial charge in [-0.2, -0.15) is 0 Å². The fraction of sp³-hybridized carbons (Fsp3) is 0.600. The molecule has 1 aromatic carbocycles. The zero-order valence-corrected chi connectivity index (χ0v) is 11.0. The second-order valence-corrected chi connectivity index (χ2v) is 5.67. The first-order valence-electron chi connectivity index (χ1n) is 6.62. The highest BCUT2D eigenvalue weighted by molar-refractivity contribution is 5.23. The van der Waals surface area contributed by atoms with E-state index in [0.29, 0.717) is 18.3 Å². The minimum Gasteiger partial charge on any atom is -0.493 e.